The Labute approximate surface area is 92.2 Å². The molecule has 1 aromatic carbocycles. The maximum Gasteiger partial charge on any atom is 0.438 e. The third-order valence-corrected chi connectivity index (χ3v) is 2.84. The van der Waals surface area contributed by atoms with E-state index in [9.17, 15) is 4.79 Å². The van der Waals surface area contributed by atoms with Gasteiger partial charge in [-0.05, 0) is 12.1 Å². The third-order valence-electron chi connectivity index (χ3n) is 2.84. The molecule has 5 nitrogen and oxygen atoms in total. The molecule has 2 heterocycles. The summed E-state index contributed by atoms with van der Waals surface area (Å²) in [6.45, 7) is 3.44. The van der Waals surface area contributed by atoms with Crippen LogP contribution in [0.3, 0.4) is 0 Å². The van der Waals surface area contributed by atoms with Gasteiger partial charge in [-0.2, -0.15) is 4.68 Å². The highest BCUT2D eigenvalue weighted by Crippen LogP contribution is 2.12. The number of benzene rings is 1. The molecule has 0 radical (unpaired) electrons. The fraction of sp³-hybridized carbons (Fsp3) is 0.364. The lowest BCUT2D eigenvalue weighted by molar-refractivity contribution is 0.446. The number of nitrogens with zero attached hydrogens (tertiary/aromatic N) is 2. The van der Waals surface area contributed by atoms with Crippen molar-refractivity contribution in [2.24, 2.45) is 0 Å². The van der Waals surface area contributed by atoms with E-state index in [-0.39, 0.29) is 5.76 Å². The molecular weight excluding hydrogens is 206 g/mol. The number of piperazine rings is 1. The Morgan fingerprint density at radius 3 is 2.75 bits per heavy atom. The second kappa shape index (κ2) is 3.68. The molecule has 0 unspecified atom stereocenters. The molecule has 0 spiro atoms. The molecule has 1 saturated heterocycles. The zero-order valence-corrected chi connectivity index (χ0v) is 8.85. The third kappa shape index (κ3) is 1.40. The molecule has 1 N–H and O–H groups in total. The Balaban J connectivity index is 2.14. The number of rotatable bonds is 1. The minimum Gasteiger partial charge on any atom is -0.406 e. The predicted molar refractivity (Wildman–Crippen MR) is 61.3 cm³/mol. The van der Waals surface area contributed by atoms with Crippen molar-refractivity contribution >= 4 is 11.1 Å². The largest absolute Gasteiger partial charge is 0.438 e. The highest BCUT2D eigenvalue weighted by molar-refractivity contribution is 5.72. The van der Waals surface area contributed by atoms with E-state index in [4.69, 9.17) is 4.42 Å². The lowest BCUT2D eigenvalue weighted by Gasteiger charge is -2.29. The second-order valence-corrected chi connectivity index (χ2v) is 3.85. The molecule has 5 heteroatoms. The minimum atomic E-state index is -0.303. The number of fused-ring (bicyclic) bond motifs is 1. The van der Waals surface area contributed by atoms with Gasteiger partial charge in [0.05, 0.1) is 0 Å². The zero-order chi connectivity index (χ0) is 11.0. The fourth-order valence-corrected chi connectivity index (χ4v) is 2.07. The van der Waals surface area contributed by atoms with Crippen LogP contribution in [0.25, 0.3) is 11.1 Å². The number of aromatic nitrogens is 1. The first-order valence-electron chi connectivity index (χ1n) is 5.43. The van der Waals surface area contributed by atoms with Crippen molar-refractivity contribution in [3.8, 4) is 0 Å². The average molecular weight is 219 g/mol. The van der Waals surface area contributed by atoms with Gasteiger partial charge >= 0.3 is 5.76 Å². The van der Waals surface area contributed by atoms with Gasteiger partial charge in [-0.1, -0.05) is 12.1 Å². The van der Waals surface area contributed by atoms with Crippen LogP contribution in [0.5, 0.6) is 0 Å². The highest BCUT2D eigenvalue weighted by atomic mass is 16.4. The van der Waals surface area contributed by atoms with E-state index in [2.05, 4.69) is 5.32 Å². The van der Waals surface area contributed by atoms with Gasteiger partial charge in [0.1, 0.15) is 5.52 Å². The summed E-state index contributed by atoms with van der Waals surface area (Å²) >= 11 is 0. The quantitative estimate of drug-likeness (QED) is 0.741. The van der Waals surface area contributed by atoms with Crippen LogP contribution in [0.15, 0.2) is 33.5 Å². The first-order chi connectivity index (χ1) is 7.86. The van der Waals surface area contributed by atoms with Gasteiger partial charge < -0.3 is 14.7 Å². The highest BCUT2D eigenvalue weighted by Gasteiger charge is 2.16. The van der Waals surface area contributed by atoms with Crippen LogP contribution in [0.2, 0.25) is 0 Å². The average Bonchev–Trinajstić information content (AvgIpc) is 2.66. The van der Waals surface area contributed by atoms with E-state index in [1.165, 1.54) is 0 Å². The lowest BCUT2D eigenvalue weighted by atomic mass is 10.3. The predicted octanol–water partition coefficient (Wildman–Crippen LogP) is 0.136. The summed E-state index contributed by atoms with van der Waals surface area (Å²) in [5.41, 5.74) is 1.49. The van der Waals surface area contributed by atoms with Crippen molar-refractivity contribution in [2.75, 3.05) is 31.2 Å². The van der Waals surface area contributed by atoms with E-state index >= 15 is 0 Å². The Kier molecular flexibility index (Phi) is 2.18. The molecule has 1 fully saturated rings. The van der Waals surface area contributed by atoms with Crippen LogP contribution >= 0.6 is 0 Å². The van der Waals surface area contributed by atoms with Crippen molar-refractivity contribution in [2.45, 2.75) is 0 Å². The fourth-order valence-electron chi connectivity index (χ4n) is 2.07. The summed E-state index contributed by atoms with van der Waals surface area (Å²) in [6, 6.07) is 7.50. The van der Waals surface area contributed by atoms with Crippen LogP contribution in [0.4, 0.5) is 0 Å². The smallest absolute Gasteiger partial charge is 0.406 e. The Hall–Kier alpha value is -1.75. The lowest BCUT2D eigenvalue weighted by Crippen LogP contribution is -2.51. The molecule has 16 heavy (non-hydrogen) atoms. The van der Waals surface area contributed by atoms with E-state index in [0.717, 1.165) is 31.7 Å². The van der Waals surface area contributed by atoms with Crippen molar-refractivity contribution < 1.29 is 4.42 Å². The Bertz CT molecular complexity index is 552. The number of nitrogens with one attached hydrogen (secondary N) is 1. The minimum absolute atomic E-state index is 0.303. The van der Waals surface area contributed by atoms with Crippen molar-refractivity contribution in [1.82, 2.24) is 9.99 Å². The molecular formula is C11H13N3O2. The summed E-state index contributed by atoms with van der Waals surface area (Å²) in [5, 5.41) is 5.28. The monoisotopic (exact) mass is 219 g/mol. The topological polar surface area (TPSA) is 50.4 Å². The normalized spacial score (nSPS) is 16.9. The van der Waals surface area contributed by atoms with E-state index < -0.39 is 0 Å². The maximum atomic E-state index is 11.8. The molecule has 0 atom stereocenters. The summed E-state index contributed by atoms with van der Waals surface area (Å²) < 4.78 is 6.83. The summed E-state index contributed by atoms with van der Waals surface area (Å²) in [5.74, 6) is -0.303. The van der Waals surface area contributed by atoms with Crippen LogP contribution in [0.1, 0.15) is 0 Å². The van der Waals surface area contributed by atoms with Crippen molar-refractivity contribution in [3.63, 3.8) is 0 Å². The molecule has 0 saturated carbocycles. The summed E-state index contributed by atoms with van der Waals surface area (Å²) in [6.07, 6.45) is 0. The van der Waals surface area contributed by atoms with Gasteiger partial charge in [-0.25, -0.2) is 4.79 Å². The van der Waals surface area contributed by atoms with Gasteiger partial charge in [0.25, 0.3) is 0 Å². The van der Waals surface area contributed by atoms with Crippen LogP contribution in [-0.4, -0.2) is 30.9 Å². The zero-order valence-electron chi connectivity index (χ0n) is 8.85. The Morgan fingerprint density at radius 1 is 1.19 bits per heavy atom. The first-order valence-corrected chi connectivity index (χ1v) is 5.43. The molecule has 0 bridgehead atoms. The number of oxazole rings is 1. The van der Waals surface area contributed by atoms with Gasteiger partial charge in [0.15, 0.2) is 5.58 Å². The SMILES string of the molecule is O=c1oc2ccccc2n1N1CCNCC1. The Morgan fingerprint density at radius 2 is 1.94 bits per heavy atom. The van der Waals surface area contributed by atoms with Crippen molar-refractivity contribution in [1.29, 1.82) is 0 Å². The van der Waals surface area contributed by atoms with E-state index in [1.807, 2.05) is 29.3 Å². The molecule has 2 aromatic rings. The van der Waals surface area contributed by atoms with Gasteiger partial charge in [0, 0.05) is 26.2 Å². The van der Waals surface area contributed by atoms with Crippen LogP contribution < -0.4 is 16.1 Å². The number of para-hydroxylation sites is 2. The van der Waals surface area contributed by atoms with Gasteiger partial charge in [-0.15, -0.1) is 0 Å². The molecule has 1 aliphatic rings. The van der Waals surface area contributed by atoms with E-state index in [1.54, 1.807) is 4.68 Å². The van der Waals surface area contributed by atoms with Crippen molar-refractivity contribution in [3.05, 3.63) is 34.8 Å². The van der Waals surface area contributed by atoms with E-state index in [0.29, 0.717) is 5.58 Å². The molecule has 1 aromatic heterocycles. The molecule has 1 aliphatic heterocycles. The summed E-state index contributed by atoms with van der Waals surface area (Å²) in [7, 11) is 0. The number of hydrogen-bond acceptors (Lipinski definition) is 4. The summed E-state index contributed by atoms with van der Waals surface area (Å²) in [4.78, 5) is 11.8. The number of hydrogen-bond donors (Lipinski definition) is 1. The van der Waals surface area contributed by atoms with Gasteiger partial charge in [-0.3, -0.25) is 0 Å². The first kappa shape index (κ1) is 9.47. The second-order valence-electron chi connectivity index (χ2n) is 3.85. The van der Waals surface area contributed by atoms with Crippen LogP contribution in [0, 0.1) is 0 Å². The molecule has 0 aliphatic carbocycles. The molecule has 0 amide bonds. The maximum absolute atomic E-state index is 11.8. The van der Waals surface area contributed by atoms with Crippen LogP contribution in [-0.2, 0) is 0 Å². The van der Waals surface area contributed by atoms with Gasteiger partial charge in [0.2, 0.25) is 0 Å². The molecule has 3 rings (SSSR count). The molecule has 84 valence electrons. The standard InChI is InChI=1S/C11H13N3O2/c15-11-14(13-7-5-12-6-8-13)9-3-1-2-4-10(9)16-11/h1-4,12H,5-8H2.